The lowest BCUT2D eigenvalue weighted by molar-refractivity contribution is -0.194. The van der Waals surface area contributed by atoms with Crippen molar-refractivity contribution in [2.24, 2.45) is 0 Å². The van der Waals surface area contributed by atoms with E-state index in [1.165, 1.54) is 38.5 Å². The number of allylic oxidation sites excluding steroid dienone is 14. The van der Waals surface area contributed by atoms with Crippen molar-refractivity contribution in [2.75, 3.05) is 6.61 Å². The lowest BCUT2D eigenvalue weighted by Gasteiger charge is -2.39. The van der Waals surface area contributed by atoms with Gasteiger partial charge >= 0.3 is 0 Å². The topological polar surface area (TPSA) is 112 Å². The number of carbonyl (C=O) groups is 3. The zero-order valence-corrected chi connectivity index (χ0v) is 40.9. The van der Waals surface area contributed by atoms with Gasteiger partial charge in [0, 0.05) is 19.3 Å². The predicted molar refractivity (Wildman–Crippen MR) is 270 cm³/mol. The van der Waals surface area contributed by atoms with Crippen LogP contribution in [0.1, 0.15) is 239 Å². The third-order valence-corrected chi connectivity index (χ3v) is 11.9. The van der Waals surface area contributed by atoms with E-state index in [2.05, 4.69) is 106 Å². The van der Waals surface area contributed by atoms with Crippen LogP contribution in [0.3, 0.4) is 0 Å². The second-order valence-electron chi connectivity index (χ2n) is 17.6. The summed E-state index contributed by atoms with van der Waals surface area (Å²) in [6.45, 7) is 5.39. The molecule has 0 rings (SSSR count). The summed E-state index contributed by atoms with van der Waals surface area (Å²) in [5.74, 6) is -2.56. The quantitative estimate of drug-likeness (QED) is 0.0319. The summed E-state index contributed by atoms with van der Waals surface area (Å²) < 4.78 is 0. The summed E-state index contributed by atoms with van der Waals surface area (Å²) in [4.78, 5) is 41.2. The highest BCUT2D eigenvalue weighted by molar-refractivity contribution is 6.16. The van der Waals surface area contributed by atoms with Gasteiger partial charge in [-0.1, -0.05) is 189 Å². The maximum Gasteiger partial charge on any atom is 0.219 e. The Morgan fingerprint density at radius 2 is 0.619 bits per heavy atom. The summed E-state index contributed by atoms with van der Waals surface area (Å²) >= 11 is 0. The van der Waals surface area contributed by atoms with Gasteiger partial charge in [-0.25, -0.2) is 0 Å². The molecule has 3 N–H and O–H groups in total. The van der Waals surface area contributed by atoms with E-state index in [-0.39, 0.29) is 19.3 Å². The summed E-state index contributed by atoms with van der Waals surface area (Å²) in [6, 6.07) is 0. The van der Waals surface area contributed by atoms with Crippen LogP contribution in [0.5, 0.6) is 0 Å². The number of ketones is 3. The van der Waals surface area contributed by atoms with E-state index in [0.29, 0.717) is 19.3 Å². The maximum atomic E-state index is 13.8. The SMILES string of the molecule is CC/C=C\C/C=C\C/C=C\CCCCCCCC(=O)C(O)(CO)C(O)(C(=O)CCCCCCC/C=C\C/C=C\CCCCC)C(=O)CCCCCCC/C=C\C/C=C\CCCCC. The predicted octanol–water partition coefficient (Wildman–Crippen LogP) is 15.4. The molecule has 1 atom stereocenters. The lowest BCUT2D eigenvalue weighted by atomic mass is 9.71. The number of carbonyl (C=O) groups excluding carboxylic acids is 3. The second-order valence-corrected chi connectivity index (χ2v) is 17.6. The van der Waals surface area contributed by atoms with E-state index in [1.54, 1.807) is 0 Å². The first-order valence-corrected chi connectivity index (χ1v) is 26.0. The Labute approximate surface area is 387 Å². The minimum Gasteiger partial charge on any atom is -0.393 e. The first kappa shape index (κ1) is 60.1. The highest BCUT2D eigenvalue weighted by Crippen LogP contribution is 2.32. The molecule has 360 valence electrons. The third kappa shape index (κ3) is 31.6. The van der Waals surface area contributed by atoms with E-state index in [0.717, 1.165) is 141 Å². The molecule has 0 aromatic rings. The van der Waals surface area contributed by atoms with E-state index in [9.17, 15) is 29.7 Å². The summed E-state index contributed by atoms with van der Waals surface area (Å²) in [5, 5.41) is 34.1. The highest BCUT2D eigenvalue weighted by Gasteiger charge is 2.62. The van der Waals surface area contributed by atoms with Crippen molar-refractivity contribution in [1.82, 2.24) is 0 Å². The van der Waals surface area contributed by atoms with Crippen LogP contribution < -0.4 is 0 Å². The van der Waals surface area contributed by atoms with Crippen LogP contribution in [0.4, 0.5) is 0 Å². The molecule has 6 nitrogen and oxygen atoms in total. The zero-order valence-electron chi connectivity index (χ0n) is 40.9. The first-order valence-electron chi connectivity index (χ1n) is 26.0. The van der Waals surface area contributed by atoms with Gasteiger partial charge in [0.05, 0.1) is 6.61 Å². The molecule has 0 aromatic carbocycles. The average molecular weight is 877 g/mol. The van der Waals surface area contributed by atoms with E-state index in [1.807, 2.05) is 0 Å². The minimum absolute atomic E-state index is 0.118. The van der Waals surface area contributed by atoms with Gasteiger partial charge < -0.3 is 15.3 Å². The summed E-state index contributed by atoms with van der Waals surface area (Å²) in [6.07, 6.45) is 60.7. The van der Waals surface area contributed by atoms with Crippen molar-refractivity contribution in [3.63, 3.8) is 0 Å². The van der Waals surface area contributed by atoms with Crippen molar-refractivity contribution < 1.29 is 29.7 Å². The molecule has 0 bridgehead atoms. The molecule has 63 heavy (non-hydrogen) atoms. The van der Waals surface area contributed by atoms with Gasteiger partial charge in [0.2, 0.25) is 5.60 Å². The highest BCUT2D eigenvalue weighted by atomic mass is 16.4. The molecular formula is C57H96O6. The van der Waals surface area contributed by atoms with Crippen LogP contribution in [0.15, 0.2) is 85.1 Å². The lowest BCUT2D eigenvalue weighted by Crippen LogP contribution is -2.69. The van der Waals surface area contributed by atoms with Crippen LogP contribution in [0.25, 0.3) is 0 Å². The molecule has 0 saturated heterocycles. The van der Waals surface area contributed by atoms with Gasteiger partial charge in [0.15, 0.2) is 23.0 Å². The monoisotopic (exact) mass is 877 g/mol. The van der Waals surface area contributed by atoms with E-state index < -0.39 is 35.2 Å². The average Bonchev–Trinajstić information content (AvgIpc) is 3.29. The second kappa shape index (κ2) is 44.3. The standard InChI is InChI=1S/C57H96O6/c1-4-7-10-13-16-19-22-25-28-31-34-37-40-43-46-49-53(59)56(62,52-58)57(63,54(60)50-47-44-41-38-35-32-29-26-23-20-17-14-11-8-5-2)55(61)51-48-45-42-39-36-33-30-27-24-21-18-15-12-9-6-3/h7,10,16-21,25-30,58,62-63H,4-6,8-9,11-15,22-24,31-52H2,1-3H3/b10-7-,19-16-,20-17-,21-18-,28-25-,29-26-,30-27-. The van der Waals surface area contributed by atoms with Crippen LogP contribution >= 0.6 is 0 Å². The number of hydrogen-bond acceptors (Lipinski definition) is 6. The molecule has 0 radical (unpaired) electrons. The van der Waals surface area contributed by atoms with Gasteiger partial charge in [0.1, 0.15) is 0 Å². The van der Waals surface area contributed by atoms with Gasteiger partial charge in [-0.2, -0.15) is 0 Å². The number of rotatable bonds is 46. The molecule has 0 spiro atoms. The smallest absolute Gasteiger partial charge is 0.219 e. The van der Waals surface area contributed by atoms with Gasteiger partial charge in [-0.15, -0.1) is 0 Å². The molecule has 1 unspecified atom stereocenters. The molecule has 0 aliphatic carbocycles. The number of unbranched alkanes of at least 4 members (excludes halogenated alkanes) is 21. The minimum atomic E-state index is -2.96. The fourth-order valence-electron chi connectivity index (χ4n) is 7.69. The van der Waals surface area contributed by atoms with Crippen molar-refractivity contribution in [3.8, 4) is 0 Å². The summed E-state index contributed by atoms with van der Waals surface area (Å²) in [5.41, 5.74) is -5.82. The van der Waals surface area contributed by atoms with Crippen LogP contribution in [-0.4, -0.2) is 50.5 Å². The molecule has 0 heterocycles. The van der Waals surface area contributed by atoms with Crippen molar-refractivity contribution in [3.05, 3.63) is 85.1 Å². The first-order chi connectivity index (χ1) is 30.8. The number of aliphatic hydroxyl groups excluding tert-OH is 1. The van der Waals surface area contributed by atoms with Gasteiger partial charge in [0.25, 0.3) is 0 Å². The van der Waals surface area contributed by atoms with E-state index >= 15 is 0 Å². The van der Waals surface area contributed by atoms with Crippen LogP contribution in [0, 0.1) is 0 Å². The Kier molecular flexibility index (Phi) is 42.2. The number of Topliss-reactive ketones (excluding diaryl/α,β-unsaturated/α-hetero) is 3. The Hall–Kier alpha value is -2.93. The molecule has 0 aliphatic heterocycles. The van der Waals surface area contributed by atoms with Gasteiger partial charge in [-0.05, 0) is 116 Å². The Morgan fingerprint density at radius 3 is 0.937 bits per heavy atom. The van der Waals surface area contributed by atoms with Crippen molar-refractivity contribution >= 4 is 17.3 Å². The fourth-order valence-corrected chi connectivity index (χ4v) is 7.69. The molecule has 0 amide bonds. The summed E-state index contributed by atoms with van der Waals surface area (Å²) in [7, 11) is 0. The van der Waals surface area contributed by atoms with Crippen molar-refractivity contribution in [2.45, 2.75) is 250 Å². The maximum absolute atomic E-state index is 13.8. The third-order valence-electron chi connectivity index (χ3n) is 11.9. The van der Waals surface area contributed by atoms with Crippen LogP contribution in [-0.2, 0) is 14.4 Å². The van der Waals surface area contributed by atoms with E-state index in [4.69, 9.17) is 0 Å². The Bertz CT molecular complexity index is 1260. The molecule has 6 heteroatoms. The number of aliphatic hydroxyl groups is 3. The molecule has 0 saturated carbocycles. The molecular weight excluding hydrogens is 781 g/mol. The zero-order chi connectivity index (χ0) is 46.4. The Balaban J connectivity index is 5.08. The largest absolute Gasteiger partial charge is 0.393 e. The Morgan fingerprint density at radius 1 is 0.349 bits per heavy atom. The van der Waals surface area contributed by atoms with Crippen molar-refractivity contribution in [1.29, 1.82) is 0 Å². The van der Waals surface area contributed by atoms with Crippen LogP contribution in [0.2, 0.25) is 0 Å². The molecule has 0 aliphatic rings. The number of hydrogen-bond donors (Lipinski definition) is 3. The molecule has 0 fully saturated rings. The van der Waals surface area contributed by atoms with Gasteiger partial charge in [-0.3, -0.25) is 14.4 Å². The molecule has 0 aromatic heterocycles. The fraction of sp³-hybridized carbons (Fsp3) is 0.702. The normalized spacial score (nSPS) is 13.7.